The normalized spacial score (nSPS) is 27.7. The van der Waals surface area contributed by atoms with Gasteiger partial charge in [0, 0.05) is 28.8 Å². The summed E-state index contributed by atoms with van der Waals surface area (Å²) in [6.45, 7) is 2.28. The molecule has 3 aromatic rings. The maximum Gasteiger partial charge on any atom is 0.251 e. The van der Waals surface area contributed by atoms with E-state index in [1.165, 1.54) is 32.1 Å². The van der Waals surface area contributed by atoms with Crippen molar-refractivity contribution in [3.63, 3.8) is 0 Å². The average molecular weight is 471 g/mol. The minimum atomic E-state index is -0.0200. The third-order valence-electron chi connectivity index (χ3n) is 8.57. The Bertz CT molecular complexity index is 1240. The molecule has 2 amide bonds. The molecular formula is C29H34N4O2. The molecular weight excluding hydrogens is 436 g/mol. The lowest BCUT2D eigenvalue weighted by Gasteiger charge is -2.26. The number of aromatic amines is 1. The summed E-state index contributed by atoms with van der Waals surface area (Å²) in [5.41, 5.74) is 3.91. The summed E-state index contributed by atoms with van der Waals surface area (Å²) in [7, 11) is 0. The number of nitrogens with one attached hydrogen (secondary N) is 3. The van der Waals surface area contributed by atoms with E-state index in [0.717, 1.165) is 53.5 Å². The highest BCUT2D eigenvalue weighted by molar-refractivity contribution is 5.98. The maximum absolute atomic E-state index is 12.8. The molecule has 6 nitrogen and oxygen atoms in total. The molecule has 3 aliphatic rings. The van der Waals surface area contributed by atoms with Gasteiger partial charge in [-0.15, -0.1) is 0 Å². The Morgan fingerprint density at radius 1 is 0.857 bits per heavy atom. The van der Waals surface area contributed by atoms with Crippen LogP contribution in [0.15, 0.2) is 42.5 Å². The number of imidazole rings is 1. The van der Waals surface area contributed by atoms with E-state index in [2.05, 4.69) is 22.5 Å². The molecule has 3 saturated carbocycles. The summed E-state index contributed by atoms with van der Waals surface area (Å²) in [6, 6.07) is 13.8. The zero-order valence-electron chi connectivity index (χ0n) is 20.3. The highest BCUT2D eigenvalue weighted by Crippen LogP contribution is 2.44. The molecule has 0 aliphatic heterocycles. The first-order chi connectivity index (χ1) is 17.0. The molecule has 3 unspecified atom stereocenters. The van der Waals surface area contributed by atoms with Crippen LogP contribution in [0, 0.1) is 17.8 Å². The third kappa shape index (κ3) is 4.58. The number of H-pyrrole nitrogens is 1. The molecule has 0 radical (unpaired) electrons. The average Bonchev–Trinajstić information content (AvgIpc) is 3.61. The number of aromatic nitrogens is 2. The molecule has 182 valence electrons. The van der Waals surface area contributed by atoms with E-state index >= 15 is 0 Å². The fourth-order valence-corrected chi connectivity index (χ4v) is 6.41. The standard InChI is InChI=1S/C29H34N4O2/c1-17-2-11-23(12-3-17)30-29(35)22-10-13-24-26(16-22)32-27(31-24)19-6-8-20(9-7-19)28(34)33-25-15-18-4-5-21(25)14-18/h6-10,13,16-18,21,23,25H,2-5,11-12,14-15H2,1H3,(H,30,35)(H,31,32)(H,33,34). The van der Waals surface area contributed by atoms with E-state index in [0.29, 0.717) is 23.1 Å². The molecule has 1 heterocycles. The van der Waals surface area contributed by atoms with Gasteiger partial charge >= 0.3 is 0 Å². The molecule has 3 fully saturated rings. The van der Waals surface area contributed by atoms with Crippen molar-refractivity contribution in [1.29, 1.82) is 0 Å². The zero-order valence-corrected chi connectivity index (χ0v) is 20.3. The topological polar surface area (TPSA) is 86.9 Å². The van der Waals surface area contributed by atoms with E-state index in [9.17, 15) is 9.59 Å². The summed E-state index contributed by atoms with van der Waals surface area (Å²) < 4.78 is 0. The van der Waals surface area contributed by atoms with Crippen LogP contribution in [0.3, 0.4) is 0 Å². The number of carbonyl (C=O) groups excluding carboxylic acids is 2. The van der Waals surface area contributed by atoms with Crippen molar-refractivity contribution in [2.75, 3.05) is 0 Å². The number of benzene rings is 2. The van der Waals surface area contributed by atoms with Gasteiger partial charge in [0.1, 0.15) is 5.82 Å². The number of nitrogens with zero attached hydrogens (tertiary/aromatic N) is 1. The zero-order chi connectivity index (χ0) is 23.9. The summed E-state index contributed by atoms with van der Waals surface area (Å²) in [5, 5.41) is 6.45. The third-order valence-corrected chi connectivity index (χ3v) is 8.57. The quantitative estimate of drug-likeness (QED) is 0.463. The minimum absolute atomic E-state index is 0.0155. The molecule has 0 saturated heterocycles. The molecule has 2 bridgehead atoms. The largest absolute Gasteiger partial charge is 0.349 e. The molecule has 1 aromatic heterocycles. The van der Waals surface area contributed by atoms with Crippen LogP contribution in [-0.2, 0) is 0 Å². The number of carbonyl (C=O) groups is 2. The highest BCUT2D eigenvalue weighted by Gasteiger charge is 2.40. The van der Waals surface area contributed by atoms with Gasteiger partial charge in [0.2, 0.25) is 0 Å². The highest BCUT2D eigenvalue weighted by atomic mass is 16.2. The van der Waals surface area contributed by atoms with Crippen LogP contribution in [0.1, 0.15) is 79.0 Å². The molecule has 35 heavy (non-hydrogen) atoms. The van der Waals surface area contributed by atoms with Crippen molar-refractivity contribution in [2.24, 2.45) is 17.8 Å². The predicted molar refractivity (Wildman–Crippen MR) is 137 cm³/mol. The van der Waals surface area contributed by atoms with E-state index in [1.54, 1.807) is 0 Å². The molecule has 6 heteroatoms. The number of rotatable bonds is 5. The Labute approximate surface area is 206 Å². The van der Waals surface area contributed by atoms with E-state index in [-0.39, 0.29) is 17.9 Å². The number of hydrogen-bond donors (Lipinski definition) is 3. The first-order valence-electron chi connectivity index (χ1n) is 13.2. The lowest BCUT2D eigenvalue weighted by molar-refractivity contribution is 0.0914. The number of hydrogen-bond acceptors (Lipinski definition) is 3. The van der Waals surface area contributed by atoms with Gasteiger partial charge in [0.05, 0.1) is 11.0 Å². The predicted octanol–water partition coefficient (Wildman–Crippen LogP) is 5.46. The van der Waals surface area contributed by atoms with Gasteiger partial charge in [0.25, 0.3) is 11.8 Å². The smallest absolute Gasteiger partial charge is 0.251 e. The van der Waals surface area contributed by atoms with Crippen molar-refractivity contribution in [3.05, 3.63) is 53.6 Å². The minimum Gasteiger partial charge on any atom is -0.349 e. The Morgan fingerprint density at radius 2 is 1.60 bits per heavy atom. The van der Waals surface area contributed by atoms with Crippen molar-refractivity contribution >= 4 is 22.8 Å². The molecule has 2 aromatic carbocycles. The van der Waals surface area contributed by atoms with E-state index in [1.807, 2.05) is 42.5 Å². The first kappa shape index (κ1) is 22.3. The number of fused-ring (bicyclic) bond motifs is 3. The summed E-state index contributed by atoms with van der Waals surface area (Å²) in [5.74, 6) is 2.96. The summed E-state index contributed by atoms with van der Waals surface area (Å²) in [4.78, 5) is 33.6. The second-order valence-electron chi connectivity index (χ2n) is 11.1. The van der Waals surface area contributed by atoms with Crippen molar-refractivity contribution in [1.82, 2.24) is 20.6 Å². The second kappa shape index (κ2) is 9.14. The van der Waals surface area contributed by atoms with Crippen LogP contribution in [0.4, 0.5) is 0 Å². The summed E-state index contributed by atoms with van der Waals surface area (Å²) >= 11 is 0. The van der Waals surface area contributed by atoms with Gasteiger partial charge in [-0.1, -0.05) is 25.5 Å². The Kier molecular flexibility index (Phi) is 5.83. The van der Waals surface area contributed by atoms with Crippen LogP contribution in [0.5, 0.6) is 0 Å². The summed E-state index contributed by atoms with van der Waals surface area (Å²) in [6.07, 6.45) is 9.45. The Balaban J connectivity index is 1.12. The van der Waals surface area contributed by atoms with Gasteiger partial charge in [0.15, 0.2) is 0 Å². The van der Waals surface area contributed by atoms with Gasteiger partial charge in [-0.25, -0.2) is 4.98 Å². The molecule has 3 aliphatic carbocycles. The first-order valence-corrected chi connectivity index (χ1v) is 13.2. The van der Waals surface area contributed by atoms with Crippen LogP contribution < -0.4 is 10.6 Å². The van der Waals surface area contributed by atoms with Gasteiger partial charge in [-0.3, -0.25) is 9.59 Å². The van der Waals surface area contributed by atoms with E-state index in [4.69, 9.17) is 4.98 Å². The van der Waals surface area contributed by atoms with Crippen molar-refractivity contribution < 1.29 is 9.59 Å². The van der Waals surface area contributed by atoms with Crippen molar-refractivity contribution in [2.45, 2.75) is 70.4 Å². The SMILES string of the molecule is CC1CCC(NC(=O)c2ccc3nc(-c4ccc(C(=O)NC5CC6CCC5C6)cc4)[nH]c3c2)CC1. The Hall–Kier alpha value is -3.15. The van der Waals surface area contributed by atoms with Crippen LogP contribution in [0.2, 0.25) is 0 Å². The molecule has 3 N–H and O–H groups in total. The van der Waals surface area contributed by atoms with E-state index < -0.39 is 0 Å². The maximum atomic E-state index is 12.8. The van der Waals surface area contributed by atoms with Crippen LogP contribution in [0.25, 0.3) is 22.4 Å². The lowest BCUT2D eigenvalue weighted by atomic mass is 9.87. The van der Waals surface area contributed by atoms with Gasteiger partial charge in [-0.05, 0) is 93.0 Å². The van der Waals surface area contributed by atoms with Crippen LogP contribution >= 0.6 is 0 Å². The lowest BCUT2D eigenvalue weighted by Crippen LogP contribution is -2.38. The molecule has 6 rings (SSSR count). The van der Waals surface area contributed by atoms with Crippen molar-refractivity contribution in [3.8, 4) is 11.4 Å². The fraction of sp³-hybridized carbons (Fsp3) is 0.483. The van der Waals surface area contributed by atoms with Crippen LogP contribution in [-0.4, -0.2) is 33.9 Å². The molecule has 0 spiro atoms. The second-order valence-corrected chi connectivity index (χ2v) is 11.1. The molecule has 3 atom stereocenters. The monoisotopic (exact) mass is 470 g/mol. The van der Waals surface area contributed by atoms with Gasteiger partial charge in [-0.2, -0.15) is 0 Å². The Morgan fingerprint density at radius 3 is 2.31 bits per heavy atom. The fourth-order valence-electron chi connectivity index (χ4n) is 6.41. The number of amides is 2. The van der Waals surface area contributed by atoms with Gasteiger partial charge < -0.3 is 15.6 Å².